The quantitative estimate of drug-likeness (QED) is 0.817. The van der Waals surface area contributed by atoms with Crippen LogP contribution < -0.4 is 5.73 Å². The summed E-state index contributed by atoms with van der Waals surface area (Å²) in [4.78, 5) is -0.269. The molecule has 0 atom stereocenters. The highest BCUT2D eigenvalue weighted by molar-refractivity contribution is 7.90. The van der Waals surface area contributed by atoms with Crippen molar-refractivity contribution in [2.45, 2.75) is 17.5 Å². The molecular weight excluding hydrogens is 243 g/mol. The van der Waals surface area contributed by atoms with Crippen molar-refractivity contribution in [3.05, 3.63) is 23.8 Å². The molecule has 90 valence electrons. The maximum absolute atomic E-state index is 12.1. The Morgan fingerprint density at radius 1 is 1.31 bits per heavy atom. The van der Waals surface area contributed by atoms with Gasteiger partial charge in [-0.1, -0.05) is 6.07 Å². The zero-order chi connectivity index (χ0) is 12.6. The van der Waals surface area contributed by atoms with E-state index in [4.69, 9.17) is 5.73 Å². The van der Waals surface area contributed by atoms with Crippen molar-refractivity contribution in [2.75, 3.05) is 12.0 Å². The highest BCUT2D eigenvalue weighted by Gasteiger charge is 2.28. The van der Waals surface area contributed by atoms with Crippen molar-refractivity contribution in [3.8, 4) is 0 Å². The molecule has 0 saturated heterocycles. The molecule has 16 heavy (non-hydrogen) atoms. The lowest BCUT2D eigenvalue weighted by Gasteiger charge is -2.09. The van der Waals surface area contributed by atoms with Crippen LogP contribution in [0.3, 0.4) is 0 Å². The van der Waals surface area contributed by atoms with Gasteiger partial charge in [-0.05, 0) is 17.7 Å². The molecule has 1 aromatic carbocycles. The van der Waals surface area contributed by atoms with Gasteiger partial charge in [0.15, 0.2) is 9.84 Å². The van der Waals surface area contributed by atoms with Gasteiger partial charge in [0.2, 0.25) is 0 Å². The molecule has 0 radical (unpaired) electrons. The first-order valence-corrected chi connectivity index (χ1v) is 6.14. The average Bonchev–Trinajstić information content (AvgIpc) is 2.04. The van der Waals surface area contributed by atoms with E-state index in [-0.39, 0.29) is 16.1 Å². The first-order valence-electron chi connectivity index (χ1n) is 4.25. The second-order valence-electron chi connectivity index (χ2n) is 3.44. The number of hydrogen-bond acceptors (Lipinski definition) is 3. The Morgan fingerprint density at radius 2 is 1.88 bits per heavy atom. The molecule has 0 fully saturated rings. The monoisotopic (exact) mass is 253 g/mol. The van der Waals surface area contributed by atoms with Crippen molar-refractivity contribution < 1.29 is 21.6 Å². The van der Waals surface area contributed by atoms with Gasteiger partial charge in [-0.25, -0.2) is 8.42 Å². The fourth-order valence-electron chi connectivity index (χ4n) is 1.24. The molecule has 0 unspecified atom stereocenters. The zero-order valence-electron chi connectivity index (χ0n) is 8.38. The van der Waals surface area contributed by atoms with Gasteiger partial charge in [0.05, 0.1) is 17.0 Å². The van der Waals surface area contributed by atoms with Gasteiger partial charge in [0.1, 0.15) is 0 Å². The minimum absolute atomic E-state index is 0.0478. The van der Waals surface area contributed by atoms with Gasteiger partial charge in [-0.2, -0.15) is 13.2 Å². The fraction of sp³-hybridized carbons (Fsp3) is 0.333. The Balaban J connectivity index is 3.19. The van der Waals surface area contributed by atoms with Crippen LogP contribution in [0.1, 0.15) is 5.56 Å². The van der Waals surface area contributed by atoms with Crippen molar-refractivity contribution >= 4 is 15.5 Å². The van der Waals surface area contributed by atoms with Gasteiger partial charge < -0.3 is 5.73 Å². The van der Waals surface area contributed by atoms with Crippen molar-refractivity contribution in [2.24, 2.45) is 0 Å². The third-order valence-corrected chi connectivity index (χ3v) is 3.03. The van der Waals surface area contributed by atoms with Crippen molar-refractivity contribution in [3.63, 3.8) is 0 Å². The molecule has 2 N–H and O–H groups in total. The second-order valence-corrected chi connectivity index (χ2v) is 5.42. The molecule has 0 heterocycles. The van der Waals surface area contributed by atoms with E-state index in [0.717, 1.165) is 24.5 Å². The topological polar surface area (TPSA) is 60.2 Å². The lowest BCUT2D eigenvalue weighted by atomic mass is 10.1. The van der Waals surface area contributed by atoms with Crippen LogP contribution in [0.2, 0.25) is 0 Å². The van der Waals surface area contributed by atoms with Crippen LogP contribution in [0.15, 0.2) is 23.1 Å². The van der Waals surface area contributed by atoms with E-state index >= 15 is 0 Å². The van der Waals surface area contributed by atoms with Crippen LogP contribution in [0.4, 0.5) is 18.9 Å². The van der Waals surface area contributed by atoms with Crippen LogP contribution in [-0.2, 0) is 16.3 Å². The van der Waals surface area contributed by atoms with E-state index in [2.05, 4.69) is 0 Å². The largest absolute Gasteiger partial charge is 0.398 e. The van der Waals surface area contributed by atoms with Crippen LogP contribution >= 0.6 is 0 Å². The van der Waals surface area contributed by atoms with Gasteiger partial charge in [0.25, 0.3) is 0 Å². The van der Waals surface area contributed by atoms with Gasteiger partial charge in [0, 0.05) is 6.26 Å². The van der Waals surface area contributed by atoms with E-state index in [1.54, 1.807) is 0 Å². The number of nitrogen functional groups attached to an aromatic ring is 1. The first kappa shape index (κ1) is 12.8. The molecule has 3 nitrogen and oxygen atoms in total. The molecule has 0 saturated carbocycles. The Bertz CT molecular complexity index is 494. The predicted octanol–water partition coefficient (Wildman–Crippen LogP) is 1.78. The minimum atomic E-state index is -4.37. The van der Waals surface area contributed by atoms with Crippen molar-refractivity contribution in [1.29, 1.82) is 0 Å². The molecule has 0 aliphatic rings. The van der Waals surface area contributed by atoms with Gasteiger partial charge in [-0.15, -0.1) is 0 Å². The summed E-state index contributed by atoms with van der Waals surface area (Å²) in [5, 5.41) is 0. The number of benzene rings is 1. The number of hydrogen-bond donors (Lipinski definition) is 1. The molecule has 7 heteroatoms. The lowest BCUT2D eigenvalue weighted by molar-refractivity contribution is -0.127. The summed E-state index contributed by atoms with van der Waals surface area (Å²) in [5.74, 6) is 0. The summed E-state index contributed by atoms with van der Waals surface area (Å²) in [6, 6.07) is 3.28. The second kappa shape index (κ2) is 3.97. The number of rotatable bonds is 2. The molecule has 0 spiro atoms. The van der Waals surface area contributed by atoms with Crippen LogP contribution in [0.5, 0.6) is 0 Å². The zero-order valence-corrected chi connectivity index (χ0v) is 9.19. The summed E-state index contributed by atoms with van der Waals surface area (Å²) in [6.07, 6.45) is -4.64. The summed E-state index contributed by atoms with van der Waals surface area (Å²) in [7, 11) is -3.60. The Kier molecular flexibility index (Phi) is 3.18. The number of nitrogens with two attached hydrogens (primary N) is 1. The van der Waals surface area contributed by atoms with E-state index in [1.165, 1.54) is 0 Å². The lowest BCUT2D eigenvalue weighted by Crippen LogP contribution is -2.12. The van der Waals surface area contributed by atoms with Gasteiger partial charge in [-0.3, -0.25) is 0 Å². The molecule has 0 aromatic heterocycles. The van der Waals surface area contributed by atoms with Gasteiger partial charge >= 0.3 is 6.18 Å². The first-order chi connectivity index (χ1) is 7.09. The third kappa shape index (κ3) is 3.41. The smallest absolute Gasteiger partial charge is 0.393 e. The Morgan fingerprint density at radius 3 is 2.31 bits per heavy atom. The van der Waals surface area contributed by atoms with E-state index in [1.807, 2.05) is 0 Å². The number of sulfone groups is 1. The van der Waals surface area contributed by atoms with Crippen LogP contribution in [-0.4, -0.2) is 20.8 Å². The number of halogens is 3. The maximum Gasteiger partial charge on any atom is 0.393 e. The summed E-state index contributed by atoms with van der Waals surface area (Å²) < 4.78 is 58.7. The Hall–Kier alpha value is -1.24. The molecule has 0 bridgehead atoms. The highest BCUT2D eigenvalue weighted by Crippen LogP contribution is 2.25. The average molecular weight is 253 g/mol. The van der Waals surface area contributed by atoms with E-state index in [9.17, 15) is 21.6 Å². The molecule has 0 aliphatic heterocycles. The third-order valence-electron chi connectivity index (χ3n) is 1.88. The normalized spacial score (nSPS) is 12.8. The molecule has 0 aliphatic carbocycles. The standard InChI is InChI=1S/C9H10F3NO2S/c1-16(14,15)8-4-6(2-3-7(8)13)5-9(10,11)12/h2-4H,5,13H2,1H3. The van der Waals surface area contributed by atoms with Crippen LogP contribution in [0, 0.1) is 0 Å². The number of alkyl halides is 3. The van der Waals surface area contributed by atoms with E-state index in [0.29, 0.717) is 0 Å². The molecule has 0 amide bonds. The predicted molar refractivity (Wildman–Crippen MR) is 53.7 cm³/mol. The molecule has 1 rings (SSSR count). The molecular formula is C9H10F3NO2S. The summed E-state index contributed by atoms with van der Waals surface area (Å²) >= 11 is 0. The minimum Gasteiger partial charge on any atom is -0.398 e. The number of anilines is 1. The molecule has 1 aromatic rings. The SMILES string of the molecule is CS(=O)(=O)c1cc(CC(F)(F)F)ccc1N. The Labute approximate surface area is 91.0 Å². The van der Waals surface area contributed by atoms with Crippen LogP contribution in [0.25, 0.3) is 0 Å². The summed E-state index contributed by atoms with van der Waals surface area (Å²) in [6.45, 7) is 0. The maximum atomic E-state index is 12.1. The highest BCUT2D eigenvalue weighted by atomic mass is 32.2. The van der Waals surface area contributed by atoms with E-state index < -0.39 is 22.4 Å². The van der Waals surface area contributed by atoms with Crippen molar-refractivity contribution in [1.82, 2.24) is 0 Å². The summed E-state index contributed by atoms with van der Waals surface area (Å²) in [5.41, 5.74) is 5.21. The fourth-order valence-corrected chi connectivity index (χ4v) is 2.10.